The zero-order valence-corrected chi connectivity index (χ0v) is 17.6. The third-order valence-corrected chi connectivity index (χ3v) is 4.33. The summed E-state index contributed by atoms with van der Waals surface area (Å²) in [6, 6.07) is 4.72. The fourth-order valence-corrected chi connectivity index (χ4v) is 2.96. The van der Waals surface area contributed by atoms with E-state index in [0.717, 1.165) is 0 Å². The van der Waals surface area contributed by atoms with Gasteiger partial charge >= 0.3 is 12.1 Å². The number of ether oxygens (including phenoxy) is 4. The molecule has 1 aliphatic heterocycles. The van der Waals surface area contributed by atoms with Crippen LogP contribution in [0.25, 0.3) is 0 Å². The number of carbonyl (C=O) groups is 2. The first-order valence-electron chi connectivity index (χ1n) is 9.83. The molecule has 1 N–H and O–H groups in total. The summed E-state index contributed by atoms with van der Waals surface area (Å²) >= 11 is 0. The minimum absolute atomic E-state index is 0.226. The highest BCUT2D eigenvalue weighted by molar-refractivity contribution is 5.81. The van der Waals surface area contributed by atoms with E-state index in [9.17, 15) is 14.0 Å². The van der Waals surface area contributed by atoms with E-state index in [1.807, 2.05) is 6.92 Å². The summed E-state index contributed by atoms with van der Waals surface area (Å²) in [6.45, 7) is 9.08. The van der Waals surface area contributed by atoms with Crippen LogP contribution in [-0.4, -0.2) is 48.6 Å². The van der Waals surface area contributed by atoms with E-state index in [0.29, 0.717) is 12.2 Å². The molecular weight excluding hydrogens is 381 g/mol. The Morgan fingerprint density at radius 2 is 1.93 bits per heavy atom. The van der Waals surface area contributed by atoms with E-state index in [1.165, 1.54) is 24.3 Å². The number of nitrogens with one attached hydrogen (secondary N) is 1. The van der Waals surface area contributed by atoms with Crippen molar-refractivity contribution in [3.05, 3.63) is 30.1 Å². The fraction of sp³-hybridized carbons (Fsp3) is 0.619. The van der Waals surface area contributed by atoms with E-state index in [4.69, 9.17) is 18.9 Å². The van der Waals surface area contributed by atoms with Gasteiger partial charge in [-0.2, -0.15) is 0 Å². The number of alkyl carbamates (subject to hydrolysis) is 1. The van der Waals surface area contributed by atoms with Gasteiger partial charge in [-0.05, 0) is 58.4 Å². The second-order valence-electron chi connectivity index (χ2n) is 7.98. The van der Waals surface area contributed by atoms with Crippen molar-refractivity contribution < 1.29 is 32.9 Å². The molecule has 0 unspecified atom stereocenters. The Bertz CT molecular complexity index is 687. The molecule has 7 nitrogen and oxygen atoms in total. The molecule has 0 bridgehead atoms. The Kier molecular flexibility index (Phi) is 7.84. The molecule has 1 amide bonds. The summed E-state index contributed by atoms with van der Waals surface area (Å²) in [5, 5.41) is 2.55. The standard InChI is InChI=1S/C21H30FNO6/c1-6-17-18(28-15-9-7-14(22)8-10-15)13(2)27-19(24)16(11-12-26-17)23-20(25)29-21(3,4)5/h7-10,13,16-18H,6,11-12H2,1-5H3,(H,23,25)/t13-,16-,17+,18-/m0/s1. The van der Waals surface area contributed by atoms with Gasteiger partial charge in [0.15, 0.2) is 6.10 Å². The van der Waals surface area contributed by atoms with Gasteiger partial charge in [0.05, 0.1) is 6.10 Å². The molecule has 0 aromatic heterocycles. The zero-order chi connectivity index (χ0) is 21.6. The number of rotatable bonds is 4. The van der Waals surface area contributed by atoms with Crippen molar-refractivity contribution in [1.29, 1.82) is 0 Å². The van der Waals surface area contributed by atoms with E-state index in [2.05, 4.69) is 5.32 Å². The third kappa shape index (κ3) is 7.20. The number of hydrogen-bond acceptors (Lipinski definition) is 6. The van der Waals surface area contributed by atoms with Crippen LogP contribution in [0.3, 0.4) is 0 Å². The lowest BCUT2D eigenvalue weighted by atomic mass is 10.1. The molecule has 0 aliphatic carbocycles. The fourth-order valence-electron chi connectivity index (χ4n) is 2.96. The molecule has 0 saturated carbocycles. The van der Waals surface area contributed by atoms with Gasteiger partial charge in [0.2, 0.25) is 0 Å². The lowest BCUT2D eigenvalue weighted by Crippen LogP contribution is -2.47. The Hall–Kier alpha value is -2.35. The highest BCUT2D eigenvalue weighted by Crippen LogP contribution is 2.22. The third-order valence-electron chi connectivity index (χ3n) is 4.33. The quantitative estimate of drug-likeness (QED) is 0.763. The molecule has 1 aromatic rings. The van der Waals surface area contributed by atoms with E-state index < -0.39 is 35.9 Å². The summed E-state index contributed by atoms with van der Waals surface area (Å²) in [5.74, 6) is -0.508. The second-order valence-corrected chi connectivity index (χ2v) is 7.98. The molecule has 2 rings (SSSR count). The predicted octanol–water partition coefficient (Wildman–Crippen LogP) is 3.60. The number of benzene rings is 1. The SMILES string of the molecule is CC[C@H]1OCC[C@H](NC(=O)OC(C)(C)C)C(=O)O[C@@H](C)[C@@H]1Oc1ccc(F)cc1. The summed E-state index contributed by atoms with van der Waals surface area (Å²) in [7, 11) is 0. The predicted molar refractivity (Wildman–Crippen MR) is 104 cm³/mol. The van der Waals surface area contributed by atoms with Gasteiger partial charge in [0.25, 0.3) is 0 Å². The zero-order valence-electron chi connectivity index (χ0n) is 17.6. The summed E-state index contributed by atoms with van der Waals surface area (Å²) in [4.78, 5) is 24.7. The van der Waals surface area contributed by atoms with E-state index in [1.54, 1.807) is 27.7 Å². The second kappa shape index (κ2) is 9.91. The highest BCUT2D eigenvalue weighted by atomic mass is 19.1. The van der Waals surface area contributed by atoms with Crippen LogP contribution < -0.4 is 10.1 Å². The Balaban J connectivity index is 2.11. The highest BCUT2D eigenvalue weighted by Gasteiger charge is 2.36. The smallest absolute Gasteiger partial charge is 0.408 e. The number of amides is 1. The van der Waals surface area contributed by atoms with Crippen LogP contribution in [-0.2, 0) is 19.0 Å². The van der Waals surface area contributed by atoms with Crippen molar-refractivity contribution >= 4 is 12.1 Å². The molecule has 1 aromatic carbocycles. The van der Waals surface area contributed by atoms with Gasteiger partial charge in [0, 0.05) is 13.0 Å². The first-order valence-corrected chi connectivity index (χ1v) is 9.83. The Morgan fingerprint density at radius 1 is 1.28 bits per heavy atom. The van der Waals surface area contributed by atoms with Gasteiger partial charge in [-0.15, -0.1) is 0 Å². The first kappa shape index (κ1) is 22.9. The maximum atomic E-state index is 13.2. The van der Waals surface area contributed by atoms with Gasteiger partial charge in [-0.3, -0.25) is 0 Å². The molecule has 4 atom stereocenters. The van der Waals surface area contributed by atoms with Crippen LogP contribution in [0.1, 0.15) is 47.5 Å². The largest absolute Gasteiger partial charge is 0.484 e. The van der Waals surface area contributed by atoms with E-state index in [-0.39, 0.29) is 24.9 Å². The van der Waals surface area contributed by atoms with Crippen LogP contribution in [0.2, 0.25) is 0 Å². The van der Waals surface area contributed by atoms with Gasteiger partial charge in [-0.1, -0.05) is 6.92 Å². The molecule has 0 spiro atoms. The first-order chi connectivity index (χ1) is 13.6. The molecule has 0 radical (unpaired) electrons. The average molecular weight is 411 g/mol. The van der Waals surface area contributed by atoms with Crippen molar-refractivity contribution in [3.63, 3.8) is 0 Å². The monoisotopic (exact) mass is 411 g/mol. The van der Waals surface area contributed by atoms with Crippen LogP contribution in [0.5, 0.6) is 5.75 Å². The Labute approximate surface area is 170 Å². The molecule has 162 valence electrons. The number of halogens is 1. The maximum Gasteiger partial charge on any atom is 0.408 e. The van der Waals surface area contributed by atoms with Crippen molar-refractivity contribution in [1.82, 2.24) is 5.32 Å². The van der Waals surface area contributed by atoms with Crippen molar-refractivity contribution in [3.8, 4) is 5.75 Å². The molecule has 8 heteroatoms. The van der Waals surface area contributed by atoms with Gasteiger partial charge in [0.1, 0.15) is 29.3 Å². The molecule has 1 fully saturated rings. The number of esters is 1. The normalized spacial score (nSPS) is 25.8. The Morgan fingerprint density at radius 3 is 2.52 bits per heavy atom. The molecule has 1 saturated heterocycles. The summed E-state index contributed by atoms with van der Waals surface area (Å²) < 4.78 is 35.8. The van der Waals surface area contributed by atoms with Crippen LogP contribution >= 0.6 is 0 Å². The molecular formula is C21H30FNO6. The molecule has 29 heavy (non-hydrogen) atoms. The van der Waals surface area contributed by atoms with Gasteiger partial charge < -0.3 is 24.3 Å². The van der Waals surface area contributed by atoms with Crippen LogP contribution in [0.15, 0.2) is 24.3 Å². The molecule has 1 heterocycles. The van der Waals surface area contributed by atoms with Crippen molar-refractivity contribution in [2.75, 3.05) is 6.61 Å². The van der Waals surface area contributed by atoms with Crippen molar-refractivity contribution in [2.45, 2.75) is 77.4 Å². The topological polar surface area (TPSA) is 83.1 Å². The number of carbonyl (C=O) groups excluding carboxylic acids is 2. The number of cyclic esters (lactones) is 1. The van der Waals surface area contributed by atoms with E-state index >= 15 is 0 Å². The summed E-state index contributed by atoms with van der Waals surface area (Å²) in [5.41, 5.74) is -0.683. The van der Waals surface area contributed by atoms with Crippen LogP contribution in [0, 0.1) is 5.82 Å². The number of hydrogen-bond donors (Lipinski definition) is 1. The lowest BCUT2D eigenvalue weighted by Gasteiger charge is -2.30. The maximum absolute atomic E-state index is 13.2. The van der Waals surface area contributed by atoms with Gasteiger partial charge in [-0.25, -0.2) is 14.0 Å². The lowest BCUT2D eigenvalue weighted by molar-refractivity contribution is -0.157. The minimum Gasteiger partial charge on any atom is -0.484 e. The minimum atomic E-state index is -0.894. The summed E-state index contributed by atoms with van der Waals surface area (Å²) in [6.07, 6.45) is -1.42. The van der Waals surface area contributed by atoms with Crippen LogP contribution in [0.4, 0.5) is 9.18 Å². The van der Waals surface area contributed by atoms with Crippen molar-refractivity contribution in [2.24, 2.45) is 0 Å². The molecule has 1 aliphatic rings. The average Bonchev–Trinajstić information content (AvgIpc) is 2.66.